The van der Waals surface area contributed by atoms with Gasteiger partial charge in [0.1, 0.15) is 12.7 Å². The highest BCUT2D eigenvalue weighted by Crippen LogP contribution is 1.91. The van der Waals surface area contributed by atoms with E-state index in [1.165, 1.54) is 0 Å². The first kappa shape index (κ1) is 10.8. The van der Waals surface area contributed by atoms with Gasteiger partial charge in [-0.1, -0.05) is 17.9 Å². The predicted molar refractivity (Wildman–Crippen MR) is 48.4 cm³/mol. The van der Waals surface area contributed by atoms with Gasteiger partial charge in [-0.3, -0.25) is 0 Å². The van der Waals surface area contributed by atoms with Gasteiger partial charge in [0.2, 0.25) is 0 Å². The fourth-order valence-electron chi connectivity index (χ4n) is 0.551. The minimum atomic E-state index is -0.360. The molecule has 0 heterocycles. The molecule has 1 unspecified atom stereocenters. The maximum atomic E-state index is 5.15. The van der Waals surface area contributed by atoms with Gasteiger partial charge in [-0.15, -0.1) is 19.4 Å². The van der Waals surface area contributed by atoms with E-state index in [4.69, 9.17) is 22.3 Å². The van der Waals surface area contributed by atoms with E-state index in [0.29, 0.717) is 13.2 Å². The largest absolute Gasteiger partial charge is 0.374 e. The molecule has 1 atom stereocenters. The standard InChI is InChI=1S/C10H12O2/c1-4-7-11-9-10(6-3)12-8-5-2/h2-4,10H,1,7-9H2. The first-order chi connectivity index (χ1) is 5.85. The van der Waals surface area contributed by atoms with Gasteiger partial charge < -0.3 is 9.47 Å². The third kappa shape index (κ3) is 5.56. The molecule has 0 saturated heterocycles. The summed E-state index contributed by atoms with van der Waals surface area (Å²) in [6.07, 6.45) is 11.4. The molecule has 64 valence electrons. The highest BCUT2D eigenvalue weighted by Gasteiger charge is 2.02. The van der Waals surface area contributed by atoms with Crippen molar-refractivity contribution >= 4 is 0 Å². The first-order valence-electron chi connectivity index (χ1n) is 3.55. The third-order valence-electron chi connectivity index (χ3n) is 1.06. The van der Waals surface area contributed by atoms with Crippen molar-refractivity contribution in [3.05, 3.63) is 12.7 Å². The van der Waals surface area contributed by atoms with Gasteiger partial charge in [-0.2, -0.15) is 0 Å². The van der Waals surface area contributed by atoms with E-state index < -0.39 is 0 Å². The molecule has 0 amide bonds. The summed E-state index contributed by atoms with van der Waals surface area (Å²) in [5.41, 5.74) is 0. The average Bonchev–Trinajstić information content (AvgIpc) is 2.11. The van der Waals surface area contributed by atoms with Crippen LogP contribution >= 0.6 is 0 Å². The molecule has 0 fully saturated rings. The number of hydrogen-bond donors (Lipinski definition) is 0. The number of hydrogen-bond acceptors (Lipinski definition) is 2. The van der Waals surface area contributed by atoms with Crippen molar-refractivity contribution in [3.63, 3.8) is 0 Å². The molecule has 0 rings (SSSR count). The van der Waals surface area contributed by atoms with Crippen molar-refractivity contribution < 1.29 is 9.47 Å². The Labute approximate surface area is 73.6 Å². The second-order valence-corrected chi connectivity index (χ2v) is 2.00. The zero-order valence-corrected chi connectivity index (χ0v) is 6.95. The molecule has 0 aliphatic rings. The molecule has 0 aliphatic carbocycles. The summed E-state index contributed by atoms with van der Waals surface area (Å²) in [4.78, 5) is 0. The second kappa shape index (κ2) is 7.88. The Morgan fingerprint density at radius 2 is 2.25 bits per heavy atom. The Morgan fingerprint density at radius 1 is 1.50 bits per heavy atom. The van der Waals surface area contributed by atoms with Gasteiger partial charge in [0, 0.05) is 0 Å². The van der Waals surface area contributed by atoms with Gasteiger partial charge in [0.15, 0.2) is 0 Å². The third-order valence-corrected chi connectivity index (χ3v) is 1.06. The van der Waals surface area contributed by atoms with Crippen LogP contribution in [0.1, 0.15) is 0 Å². The molecule has 0 N–H and O–H groups in total. The van der Waals surface area contributed by atoms with Crippen LogP contribution in [0.3, 0.4) is 0 Å². The van der Waals surface area contributed by atoms with Gasteiger partial charge in [-0.05, 0) is 0 Å². The number of rotatable bonds is 6. The summed E-state index contributed by atoms with van der Waals surface area (Å²) in [7, 11) is 0. The maximum absolute atomic E-state index is 5.15. The van der Waals surface area contributed by atoms with Crippen LogP contribution in [0.4, 0.5) is 0 Å². The molecule has 12 heavy (non-hydrogen) atoms. The Balaban J connectivity index is 3.49. The van der Waals surface area contributed by atoms with Crippen molar-refractivity contribution in [2.75, 3.05) is 19.8 Å². The summed E-state index contributed by atoms with van der Waals surface area (Å²) in [6, 6.07) is 0. The lowest BCUT2D eigenvalue weighted by Crippen LogP contribution is -2.18. The van der Waals surface area contributed by atoms with Gasteiger partial charge >= 0.3 is 0 Å². The molecule has 2 heteroatoms. The lowest BCUT2D eigenvalue weighted by Gasteiger charge is -2.09. The lowest BCUT2D eigenvalue weighted by molar-refractivity contribution is 0.0359. The van der Waals surface area contributed by atoms with E-state index in [1.807, 2.05) is 0 Å². The molecular formula is C10H12O2. The topological polar surface area (TPSA) is 18.5 Å². The van der Waals surface area contributed by atoms with E-state index in [-0.39, 0.29) is 12.7 Å². The Hall–Kier alpha value is -1.22. The van der Waals surface area contributed by atoms with Crippen molar-refractivity contribution in [3.8, 4) is 24.7 Å². The van der Waals surface area contributed by atoms with Crippen molar-refractivity contribution in [1.82, 2.24) is 0 Å². The summed E-state index contributed by atoms with van der Waals surface area (Å²) < 4.78 is 10.1. The molecule has 0 saturated carbocycles. The molecular weight excluding hydrogens is 152 g/mol. The molecule has 0 aliphatic heterocycles. The van der Waals surface area contributed by atoms with E-state index in [0.717, 1.165) is 0 Å². The van der Waals surface area contributed by atoms with Crippen LogP contribution in [0.5, 0.6) is 0 Å². The fourth-order valence-corrected chi connectivity index (χ4v) is 0.551. The summed E-state index contributed by atoms with van der Waals surface area (Å²) in [5, 5.41) is 0. The van der Waals surface area contributed by atoms with Crippen LogP contribution in [0.2, 0.25) is 0 Å². The van der Waals surface area contributed by atoms with Gasteiger partial charge in [0.05, 0.1) is 13.2 Å². The quantitative estimate of drug-likeness (QED) is 0.329. The van der Waals surface area contributed by atoms with E-state index in [1.54, 1.807) is 6.08 Å². The monoisotopic (exact) mass is 164 g/mol. The van der Waals surface area contributed by atoms with Crippen LogP contribution in [-0.2, 0) is 9.47 Å². The zero-order valence-electron chi connectivity index (χ0n) is 6.95. The normalized spacial score (nSPS) is 11.2. The molecule has 0 aromatic rings. The summed E-state index contributed by atoms with van der Waals surface area (Å²) >= 11 is 0. The van der Waals surface area contributed by atoms with E-state index in [9.17, 15) is 0 Å². The Morgan fingerprint density at radius 3 is 2.75 bits per heavy atom. The minimum Gasteiger partial charge on any atom is -0.374 e. The maximum Gasteiger partial charge on any atom is 0.142 e. The Bertz CT molecular complexity index is 195. The minimum absolute atomic E-state index is 0.215. The average molecular weight is 164 g/mol. The first-order valence-corrected chi connectivity index (χ1v) is 3.55. The molecule has 0 aromatic carbocycles. The van der Waals surface area contributed by atoms with Crippen LogP contribution < -0.4 is 0 Å². The van der Waals surface area contributed by atoms with Crippen LogP contribution in [0.15, 0.2) is 12.7 Å². The van der Waals surface area contributed by atoms with Crippen LogP contribution in [-0.4, -0.2) is 25.9 Å². The Kier molecular flexibility index (Phi) is 7.08. The van der Waals surface area contributed by atoms with Crippen LogP contribution in [0.25, 0.3) is 0 Å². The van der Waals surface area contributed by atoms with E-state index in [2.05, 4.69) is 18.4 Å². The SMILES string of the molecule is C#CCOC(C#C)COCC=C. The van der Waals surface area contributed by atoms with Gasteiger partial charge in [-0.25, -0.2) is 0 Å². The molecule has 0 radical (unpaired) electrons. The van der Waals surface area contributed by atoms with Gasteiger partial charge in [0.25, 0.3) is 0 Å². The number of ether oxygens (including phenoxy) is 2. The molecule has 0 spiro atoms. The van der Waals surface area contributed by atoms with Crippen molar-refractivity contribution in [1.29, 1.82) is 0 Å². The van der Waals surface area contributed by atoms with Crippen molar-refractivity contribution in [2.45, 2.75) is 6.10 Å². The smallest absolute Gasteiger partial charge is 0.142 e. The lowest BCUT2D eigenvalue weighted by atomic mass is 10.4. The second-order valence-electron chi connectivity index (χ2n) is 2.00. The molecule has 2 nitrogen and oxygen atoms in total. The predicted octanol–water partition coefficient (Wildman–Crippen LogP) is 0.841. The number of terminal acetylenes is 2. The highest BCUT2D eigenvalue weighted by atomic mass is 16.5. The van der Waals surface area contributed by atoms with Crippen molar-refractivity contribution in [2.24, 2.45) is 0 Å². The summed E-state index contributed by atoms with van der Waals surface area (Å²) in [6.45, 7) is 4.53. The van der Waals surface area contributed by atoms with Crippen LogP contribution in [0, 0.1) is 24.7 Å². The zero-order chi connectivity index (χ0) is 9.23. The fraction of sp³-hybridized carbons (Fsp3) is 0.400. The molecule has 0 bridgehead atoms. The highest BCUT2D eigenvalue weighted by molar-refractivity contribution is 4.96. The summed E-state index contributed by atoms with van der Waals surface area (Å²) in [5.74, 6) is 4.75. The van der Waals surface area contributed by atoms with E-state index >= 15 is 0 Å². The molecule has 0 aromatic heterocycles.